The normalized spacial score (nSPS) is 12.1. The van der Waals surface area contributed by atoms with Gasteiger partial charge >= 0.3 is 5.97 Å². The second-order valence-electron chi connectivity index (χ2n) is 4.69. The van der Waals surface area contributed by atoms with E-state index in [-0.39, 0.29) is 23.8 Å². The number of carbonyl (C=O) groups is 2. The van der Waals surface area contributed by atoms with Crippen molar-refractivity contribution in [2.24, 2.45) is 11.8 Å². The van der Waals surface area contributed by atoms with Crippen molar-refractivity contribution < 1.29 is 23.5 Å². The summed E-state index contributed by atoms with van der Waals surface area (Å²) < 4.78 is 23.1. The summed E-state index contributed by atoms with van der Waals surface area (Å²) >= 11 is 0. The molecule has 0 aliphatic carbocycles. The Bertz CT molecular complexity index is 497. The molecule has 20 heavy (non-hydrogen) atoms. The highest BCUT2D eigenvalue weighted by atomic mass is 19.1. The number of esters is 1. The number of benzene rings is 1. The molecule has 0 aliphatic rings. The monoisotopic (exact) mass is 282 g/mol. The number of Topliss-reactive ketones (excluding diaryl/α,β-unsaturated/α-hetero) is 1. The third-order valence-corrected chi connectivity index (χ3v) is 2.93. The zero-order chi connectivity index (χ0) is 15.3. The summed E-state index contributed by atoms with van der Waals surface area (Å²) in [5.41, 5.74) is 0.231. The molecule has 0 amide bonds. The first kappa shape index (κ1) is 16.1. The first-order chi connectivity index (χ1) is 9.42. The Hall–Kier alpha value is -1.91. The number of hydrogen-bond acceptors (Lipinski definition) is 4. The molecular weight excluding hydrogens is 263 g/mol. The maximum atomic E-state index is 13.3. The van der Waals surface area contributed by atoms with E-state index in [4.69, 9.17) is 9.47 Å². The highest BCUT2D eigenvalue weighted by Gasteiger charge is 2.32. The summed E-state index contributed by atoms with van der Waals surface area (Å²) in [6.45, 7) is 5.42. The SMILES string of the molecule is CCOC(=O)C(C(=O)c1ccc(F)c(OC)c1)C(C)C. The van der Waals surface area contributed by atoms with Gasteiger partial charge in [0.25, 0.3) is 0 Å². The number of halogens is 1. The van der Waals surface area contributed by atoms with Gasteiger partial charge in [-0.3, -0.25) is 9.59 Å². The molecule has 0 bridgehead atoms. The Morgan fingerprint density at radius 1 is 1.30 bits per heavy atom. The van der Waals surface area contributed by atoms with E-state index in [0.29, 0.717) is 0 Å². The third kappa shape index (κ3) is 3.56. The fraction of sp³-hybridized carbons (Fsp3) is 0.467. The van der Waals surface area contributed by atoms with E-state index in [1.54, 1.807) is 20.8 Å². The fourth-order valence-electron chi connectivity index (χ4n) is 1.91. The Balaban J connectivity index is 3.09. The zero-order valence-electron chi connectivity index (χ0n) is 12.1. The topological polar surface area (TPSA) is 52.6 Å². The molecule has 1 aromatic carbocycles. The minimum atomic E-state index is -0.898. The first-order valence-corrected chi connectivity index (χ1v) is 6.46. The molecule has 0 saturated carbocycles. The average Bonchev–Trinajstić information content (AvgIpc) is 2.39. The Kier molecular flexibility index (Phi) is 5.67. The van der Waals surface area contributed by atoms with Gasteiger partial charge in [-0.2, -0.15) is 0 Å². The van der Waals surface area contributed by atoms with Gasteiger partial charge in [0.2, 0.25) is 0 Å². The Morgan fingerprint density at radius 3 is 2.45 bits per heavy atom. The molecule has 1 aromatic rings. The highest BCUT2D eigenvalue weighted by Crippen LogP contribution is 2.24. The molecule has 1 rings (SSSR count). The van der Waals surface area contributed by atoms with Crippen LogP contribution in [-0.2, 0) is 9.53 Å². The van der Waals surface area contributed by atoms with Crippen LogP contribution in [0.2, 0.25) is 0 Å². The largest absolute Gasteiger partial charge is 0.494 e. The fourth-order valence-corrected chi connectivity index (χ4v) is 1.91. The van der Waals surface area contributed by atoms with Gasteiger partial charge in [0.1, 0.15) is 5.92 Å². The Morgan fingerprint density at radius 2 is 1.95 bits per heavy atom. The molecule has 4 nitrogen and oxygen atoms in total. The predicted octanol–water partition coefficient (Wildman–Crippen LogP) is 2.85. The summed E-state index contributed by atoms with van der Waals surface area (Å²) in [6.07, 6.45) is 0. The lowest BCUT2D eigenvalue weighted by Crippen LogP contribution is -2.30. The van der Waals surface area contributed by atoms with Gasteiger partial charge < -0.3 is 9.47 Å². The first-order valence-electron chi connectivity index (χ1n) is 6.46. The van der Waals surface area contributed by atoms with Gasteiger partial charge in [-0.25, -0.2) is 4.39 Å². The van der Waals surface area contributed by atoms with Crippen molar-refractivity contribution in [3.05, 3.63) is 29.6 Å². The summed E-state index contributed by atoms with van der Waals surface area (Å²) in [4.78, 5) is 24.3. The summed E-state index contributed by atoms with van der Waals surface area (Å²) in [6, 6.07) is 3.79. The van der Waals surface area contributed by atoms with Crippen LogP contribution in [0.4, 0.5) is 4.39 Å². The molecule has 0 saturated heterocycles. The van der Waals surface area contributed by atoms with E-state index in [1.807, 2.05) is 0 Å². The molecule has 1 unspecified atom stereocenters. The lowest BCUT2D eigenvalue weighted by atomic mass is 9.88. The maximum Gasteiger partial charge on any atom is 0.317 e. The van der Waals surface area contributed by atoms with Gasteiger partial charge in [-0.15, -0.1) is 0 Å². The van der Waals surface area contributed by atoms with Crippen LogP contribution in [0.3, 0.4) is 0 Å². The quantitative estimate of drug-likeness (QED) is 0.457. The number of methoxy groups -OCH3 is 1. The summed E-state index contributed by atoms with van der Waals surface area (Å²) in [5, 5.41) is 0. The van der Waals surface area contributed by atoms with Crippen molar-refractivity contribution in [2.75, 3.05) is 13.7 Å². The van der Waals surface area contributed by atoms with Crippen LogP contribution in [0, 0.1) is 17.7 Å². The van der Waals surface area contributed by atoms with Gasteiger partial charge in [0.15, 0.2) is 17.3 Å². The number of carbonyl (C=O) groups excluding carboxylic acids is 2. The number of ether oxygens (including phenoxy) is 2. The van der Waals surface area contributed by atoms with E-state index < -0.39 is 23.5 Å². The van der Waals surface area contributed by atoms with Gasteiger partial charge in [0.05, 0.1) is 13.7 Å². The second kappa shape index (κ2) is 7.03. The zero-order valence-corrected chi connectivity index (χ0v) is 12.1. The molecule has 1 atom stereocenters. The van der Waals surface area contributed by atoms with Crippen LogP contribution in [0.5, 0.6) is 5.75 Å². The van der Waals surface area contributed by atoms with Crippen molar-refractivity contribution in [1.29, 1.82) is 0 Å². The van der Waals surface area contributed by atoms with Crippen LogP contribution in [0.15, 0.2) is 18.2 Å². The predicted molar refractivity (Wildman–Crippen MR) is 72.2 cm³/mol. The maximum absolute atomic E-state index is 13.3. The van der Waals surface area contributed by atoms with Gasteiger partial charge in [-0.1, -0.05) is 13.8 Å². The van der Waals surface area contributed by atoms with Crippen LogP contribution in [-0.4, -0.2) is 25.5 Å². The van der Waals surface area contributed by atoms with Crippen LogP contribution >= 0.6 is 0 Å². The lowest BCUT2D eigenvalue weighted by Gasteiger charge is -2.18. The van der Waals surface area contributed by atoms with Crippen molar-refractivity contribution in [1.82, 2.24) is 0 Å². The van der Waals surface area contributed by atoms with Crippen LogP contribution in [0.1, 0.15) is 31.1 Å². The molecule has 0 N–H and O–H groups in total. The lowest BCUT2D eigenvalue weighted by molar-refractivity contribution is -0.147. The minimum absolute atomic E-state index is 0.0257. The van der Waals surface area contributed by atoms with Crippen LogP contribution < -0.4 is 4.74 Å². The van der Waals surface area contributed by atoms with Crippen LogP contribution in [0.25, 0.3) is 0 Å². The third-order valence-electron chi connectivity index (χ3n) is 2.93. The number of ketones is 1. The number of hydrogen-bond donors (Lipinski definition) is 0. The second-order valence-corrected chi connectivity index (χ2v) is 4.69. The van der Waals surface area contributed by atoms with E-state index in [0.717, 1.165) is 6.07 Å². The van der Waals surface area contributed by atoms with Crippen molar-refractivity contribution in [3.8, 4) is 5.75 Å². The molecule has 0 aliphatic heterocycles. The van der Waals surface area contributed by atoms with E-state index in [9.17, 15) is 14.0 Å². The molecule has 0 fully saturated rings. The summed E-state index contributed by atoms with van der Waals surface area (Å²) in [5.74, 6) is -2.64. The number of rotatable bonds is 6. The van der Waals surface area contributed by atoms with Crippen molar-refractivity contribution in [2.45, 2.75) is 20.8 Å². The van der Waals surface area contributed by atoms with Crippen molar-refractivity contribution >= 4 is 11.8 Å². The molecule has 0 radical (unpaired) electrons. The van der Waals surface area contributed by atoms with Gasteiger partial charge in [0, 0.05) is 5.56 Å². The van der Waals surface area contributed by atoms with Gasteiger partial charge in [-0.05, 0) is 31.0 Å². The molecule has 5 heteroatoms. The van der Waals surface area contributed by atoms with E-state index >= 15 is 0 Å². The minimum Gasteiger partial charge on any atom is -0.494 e. The van der Waals surface area contributed by atoms with Crippen molar-refractivity contribution in [3.63, 3.8) is 0 Å². The molecule has 0 heterocycles. The summed E-state index contributed by atoms with van der Waals surface area (Å²) in [7, 11) is 1.32. The van der Waals surface area contributed by atoms with E-state index in [2.05, 4.69) is 0 Å². The highest BCUT2D eigenvalue weighted by molar-refractivity contribution is 6.09. The molecule has 110 valence electrons. The smallest absolute Gasteiger partial charge is 0.317 e. The standard InChI is InChI=1S/C15H19FO4/c1-5-20-15(18)13(9(2)3)14(17)10-6-7-11(16)12(8-10)19-4/h6-9,13H,5H2,1-4H3. The average molecular weight is 282 g/mol. The molecule has 0 aromatic heterocycles. The molecular formula is C15H19FO4. The Labute approximate surface area is 117 Å². The molecule has 0 spiro atoms. The van der Waals surface area contributed by atoms with E-state index in [1.165, 1.54) is 19.2 Å².